The second-order valence-corrected chi connectivity index (χ2v) is 1.26. The Labute approximate surface area is 60.2 Å². The number of amidine groups is 1. The van der Waals surface area contributed by atoms with Crippen molar-refractivity contribution in [1.82, 2.24) is 0 Å². The van der Waals surface area contributed by atoms with Gasteiger partial charge in [-0.3, -0.25) is 5.41 Å². The lowest BCUT2D eigenvalue weighted by Crippen LogP contribution is -2.30. The summed E-state index contributed by atoms with van der Waals surface area (Å²) >= 11 is 0. The van der Waals surface area contributed by atoms with Crippen LogP contribution in [-0.4, -0.2) is 26.3 Å². The Morgan fingerprint density at radius 3 is 1.78 bits per heavy atom. The van der Waals surface area contributed by atoms with E-state index in [1.807, 2.05) is 0 Å². The van der Waals surface area contributed by atoms with Gasteiger partial charge in [-0.2, -0.15) is 0 Å². The first-order valence-electron chi connectivity index (χ1n) is 2.12. The molecule has 0 aromatic carbocycles. The summed E-state index contributed by atoms with van der Waals surface area (Å²) in [6.45, 7) is 0. The van der Waals surface area contributed by atoms with Crippen molar-refractivity contribution >= 4 is 18.2 Å². The molecule has 0 aromatic rings. The van der Waals surface area contributed by atoms with E-state index in [1.165, 1.54) is 14.2 Å². The molecule has 4 nitrogen and oxygen atoms in total. The number of nitrogens with two attached hydrogens (primary N) is 1. The second kappa shape index (κ2) is 5.81. The lowest BCUT2D eigenvalue weighted by Gasteiger charge is -2.09. The SMILES string of the molecule is COC(OC)C(=N)N.Cl. The van der Waals surface area contributed by atoms with Crippen LogP contribution in [0.4, 0.5) is 0 Å². The van der Waals surface area contributed by atoms with Crippen LogP contribution in [0, 0.1) is 5.41 Å². The zero-order valence-corrected chi connectivity index (χ0v) is 6.20. The third kappa shape index (κ3) is 4.20. The molecule has 0 aliphatic heterocycles. The number of hydrogen-bond acceptors (Lipinski definition) is 3. The molecular formula is C4H11ClN2O2. The molecule has 5 heteroatoms. The van der Waals surface area contributed by atoms with E-state index in [0.717, 1.165) is 0 Å². The number of methoxy groups -OCH3 is 2. The van der Waals surface area contributed by atoms with Crippen LogP contribution in [0.1, 0.15) is 0 Å². The van der Waals surface area contributed by atoms with Crippen molar-refractivity contribution in [2.75, 3.05) is 14.2 Å². The quantitative estimate of drug-likeness (QED) is 0.341. The zero-order valence-electron chi connectivity index (χ0n) is 5.38. The van der Waals surface area contributed by atoms with E-state index in [0.29, 0.717) is 0 Å². The maximum absolute atomic E-state index is 6.78. The average molecular weight is 155 g/mol. The maximum atomic E-state index is 6.78. The summed E-state index contributed by atoms with van der Waals surface area (Å²) in [6, 6.07) is 0. The lowest BCUT2D eigenvalue weighted by molar-refractivity contribution is -0.0532. The highest BCUT2D eigenvalue weighted by atomic mass is 35.5. The van der Waals surface area contributed by atoms with Gasteiger partial charge >= 0.3 is 0 Å². The van der Waals surface area contributed by atoms with Crippen LogP contribution in [0.5, 0.6) is 0 Å². The summed E-state index contributed by atoms with van der Waals surface area (Å²) in [5.74, 6) is -0.116. The molecule has 0 unspecified atom stereocenters. The molecule has 0 saturated carbocycles. The van der Waals surface area contributed by atoms with Gasteiger partial charge in [0, 0.05) is 14.2 Å². The Morgan fingerprint density at radius 1 is 1.44 bits per heavy atom. The minimum atomic E-state index is -0.685. The molecule has 0 atom stereocenters. The normalized spacial score (nSPS) is 8.78. The molecule has 0 amide bonds. The van der Waals surface area contributed by atoms with E-state index in [4.69, 9.17) is 11.1 Å². The maximum Gasteiger partial charge on any atom is 0.215 e. The molecule has 56 valence electrons. The highest BCUT2D eigenvalue weighted by Crippen LogP contribution is 1.86. The van der Waals surface area contributed by atoms with E-state index in [1.54, 1.807) is 0 Å². The van der Waals surface area contributed by atoms with E-state index < -0.39 is 6.29 Å². The van der Waals surface area contributed by atoms with Gasteiger partial charge in [-0.05, 0) is 0 Å². The summed E-state index contributed by atoms with van der Waals surface area (Å²) in [4.78, 5) is 0. The molecule has 0 fully saturated rings. The smallest absolute Gasteiger partial charge is 0.215 e. The van der Waals surface area contributed by atoms with Gasteiger partial charge in [-0.15, -0.1) is 12.4 Å². The molecule has 0 aliphatic carbocycles. The van der Waals surface area contributed by atoms with Crippen LogP contribution in [0.15, 0.2) is 0 Å². The fourth-order valence-electron chi connectivity index (χ4n) is 0.350. The first-order valence-corrected chi connectivity index (χ1v) is 2.12. The highest BCUT2D eigenvalue weighted by Gasteiger charge is 2.05. The van der Waals surface area contributed by atoms with Gasteiger partial charge in [-0.1, -0.05) is 0 Å². The van der Waals surface area contributed by atoms with Crippen LogP contribution < -0.4 is 5.73 Å². The third-order valence-corrected chi connectivity index (χ3v) is 0.682. The van der Waals surface area contributed by atoms with Crippen molar-refractivity contribution in [1.29, 1.82) is 5.41 Å². The monoisotopic (exact) mass is 154 g/mol. The minimum Gasteiger partial charge on any atom is -0.383 e. The van der Waals surface area contributed by atoms with Gasteiger partial charge in [0.2, 0.25) is 6.29 Å². The topological polar surface area (TPSA) is 68.3 Å². The number of rotatable bonds is 3. The largest absolute Gasteiger partial charge is 0.383 e. The van der Waals surface area contributed by atoms with E-state index in [2.05, 4.69) is 9.47 Å². The molecular weight excluding hydrogens is 144 g/mol. The molecule has 0 rings (SSSR count). The van der Waals surface area contributed by atoms with Crippen LogP contribution >= 0.6 is 12.4 Å². The molecule has 0 saturated heterocycles. The van der Waals surface area contributed by atoms with Crippen molar-refractivity contribution in [2.45, 2.75) is 6.29 Å². The van der Waals surface area contributed by atoms with Crippen molar-refractivity contribution in [3.63, 3.8) is 0 Å². The summed E-state index contributed by atoms with van der Waals surface area (Å²) < 4.78 is 9.18. The van der Waals surface area contributed by atoms with Gasteiger partial charge in [0.1, 0.15) is 5.84 Å². The van der Waals surface area contributed by atoms with Crippen molar-refractivity contribution in [2.24, 2.45) is 5.73 Å². The Bertz CT molecular complexity index is 84.6. The summed E-state index contributed by atoms with van der Waals surface area (Å²) in [5, 5.41) is 6.78. The lowest BCUT2D eigenvalue weighted by atomic mass is 10.6. The zero-order chi connectivity index (χ0) is 6.57. The number of hydrogen-bond donors (Lipinski definition) is 2. The fraction of sp³-hybridized carbons (Fsp3) is 0.750. The highest BCUT2D eigenvalue weighted by molar-refractivity contribution is 5.85. The average Bonchev–Trinajstić information content (AvgIpc) is 1.69. The second-order valence-electron chi connectivity index (χ2n) is 1.26. The molecule has 0 aromatic heterocycles. The summed E-state index contributed by atoms with van der Waals surface area (Å²) in [5.41, 5.74) is 4.99. The third-order valence-electron chi connectivity index (χ3n) is 0.682. The Kier molecular flexibility index (Phi) is 7.41. The van der Waals surface area contributed by atoms with Gasteiger partial charge < -0.3 is 15.2 Å². The van der Waals surface area contributed by atoms with Crippen LogP contribution in [-0.2, 0) is 9.47 Å². The first-order chi connectivity index (χ1) is 3.72. The molecule has 0 radical (unpaired) electrons. The predicted octanol–water partition coefficient (Wildman–Crippen LogP) is -0.0369. The van der Waals surface area contributed by atoms with Crippen molar-refractivity contribution in [3.05, 3.63) is 0 Å². The minimum absolute atomic E-state index is 0. The molecule has 0 heterocycles. The predicted molar refractivity (Wildman–Crippen MR) is 37.0 cm³/mol. The molecule has 0 aliphatic rings. The van der Waals surface area contributed by atoms with Gasteiger partial charge in [0.05, 0.1) is 0 Å². The van der Waals surface area contributed by atoms with Crippen LogP contribution in [0.2, 0.25) is 0 Å². The number of nitrogens with one attached hydrogen (secondary N) is 1. The Balaban J connectivity index is 0. The van der Waals surface area contributed by atoms with E-state index >= 15 is 0 Å². The van der Waals surface area contributed by atoms with E-state index in [-0.39, 0.29) is 18.2 Å². The Morgan fingerprint density at radius 2 is 1.78 bits per heavy atom. The number of ether oxygens (including phenoxy) is 2. The molecule has 0 bridgehead atoms. The van der Waals surface area contributed by atoms with Crippen LogP contribution in [0.3, 0.4) is 0 Å². The van der Waals surface area contributed by atoms with E-state index in [9.17, 15) is 0 Å². The summed E-state index contributed by atoms with van der Waals surface area (Å²) in [6.07, 6.45) is -0.685. The molecule has 3 N–H and O–H groups in total. The molecule has 9 heavy (non-hydrogen) atoms. The van der Waals surface area contributed by atoms with Crippen molar-refractivity contribution < 1.29 is 9.47 Å². The summed E-state index contributed by atoms with van der Waals surface area (Å²) in [7, 11) is 2.85. The van der Waals surface area contributed by atoms with Crippen molar-refractivity contribution in [3.8, 4) is 0 Å². The fourth-order valence-corrected chi connectivity index (χ4v) is 0.350. The Hall–Kier alpha value is -0.320. The van der Waals surface area contributed by atoms with Gasteiger partial charge in [-0.25, -0.2) is 0 Å². The van der Waals surface area contributed by atoms with Gasteiger partial charge in [0.15, 0.2) is 0 Å². The van der Waals surface area contributed by atoms with Crippen LogP contribution in [0.25, 0.3) is 0 Å². The number of halogens is 1. The first kappa shape index (κ1) is 11.5. The standard InChI is InChI=1S/C4H10N2O2.ClH/c1-7-4(8-2)3(5)6;/h4H,1-2H3,(H3,5,6);1H. The van der Waals surface area contributed by atoms with Gasteiger partial charge in [0.25, 0.3) is 0 Å². The molecule has 0 spiro atoms.